The number of hydrogen-bond donors (Lipinski definition) is 0. The molecule has 0 bridgehead atoms. The molecule has 0 aromatic carbocycles. The first-order valence-corrected chi connectivity index (χ1v) is 7.28. The molecule has 0 atom stereocenters. The van der Waals surface area contributed by atoms with Crippen LogP contribution in [0.2, 0.25) is 0 Å². The van der Waals surface area contributed by atoms with Crippen LogP contribution in [0.1, 0.15) is 47.3 Å². The third-order valence-electron chi connectivity index (χ3n) is 3.60. The van der Waals surface area contributed by atoms with Crippen molar-refractivity contribution in [2.45, 2.75) is 33.3 Å². The van der Waals surface area contributed by atoms with Crippen LogP contribution in [0.5, 0.6) is 0 Å². The van der Waals surface area contributed by atoms with Crippen LogP contribution in [0.15, 0.2) is 30.0 Å². The lowest BCUT2D eigenvalue weighted by Crippen LogP contribution is -2.30. The van der Waals surface area contributed by atoms with Gasteiger partial charge >= 0.3 is 0 Å². The van der Waals surface area contributed by atoms with Crippen molar-refractivity contribution in [3.05, 3.63) is 46.9 Å². The summed E-state index contributed by atoms with van der Waals surface area (Å²) in [5.74, 6) is -0.0928. The summed E-state index contributed by atoms with van der Waals surface area (Å²) in [6, 6.07) is 1.62. The summed E-state index contributed by atoms with van der Waals surface area (Å²) in [6.45, 7) is 7.26. The van der Waals surface area contributed by atoms with Crippen LogP contribution in [0.4, 0.5) is 0 Å². The highest BCUT2D eigenvalue weighted by molar-refractivity contribution is 6.27. The molecule has 0 spiro atoms. The van der Waals surface area contributed by atoms with Gasteiger partial charge in [0.2, 0.25) is 23.1 Å². The number of aryl methyl sites for hydroxylation is 1. The van der Waals surface area contributed by atoms with Gasteiger partial charge in [0.1, 0.15) is 11.4 Å². The van der Waals surface area contributed by atoms with E-state index in [9.17, 15) is 9.59 Å². The lowest BCUT2D eigenvalue weighted by molar-refractivity contribution is 0.0327. The van der Waals surface area contributed by atoms with Crippen LogP contribution in [-0.2, 0) is 9.47 Å². The molecule has 1 aliphatic rings. The fraction of sp³-hybridized carbons (Fsp3) is 0.353. The highest BCUT2D eigenvalue weighted by Crippen LogP contribution is 2.32. The first-order chi connectivity index (χ1) is 10.7. The van der Waals surface area contributed by atoms with Gasteiger partial charge in [-0.1, -0.05) is 0 Å². The van der Waals surface area contributed by atoms with E-state index in [0.717, 1.165) is 5.82 Å². The molecule has 2 aromatic heterocycles. The van der Waals surface area contributed by atoms with Gasteiger partial charge in [0.05, 0.1) is 24.4 Å². The molecule has 0 fully saturated rings. The number of fused-ring (bicyclic) bond motifs is 3. The topological polar surface area (TPSA) is 69.9 Å². The van der Waals surface area contributed by atoms with Gasteiger partial charge in [-0.05, 0) is 33.8 Å². The highest BCUT2D eigenvalue weighted by atomic mass is 16.5. The molecule has 1 aliphatic carbocycles. The average molecular weight is 314 g/mol. The normalized spacial score (nSPS) is 15.2. The van der Waals surface area contributed by atoms with E-state index in [2.05, 4.69) is 4.98 Å². The summed E-state index contributed by atoms with van der Waals surface area (Å²) >= 11 is 0. The van der Waals surface area contributed by atoms with E-state index in [0.29, 0.717) is 16.6 Å². The van der Waals surface area contributed by atoms with Crippen molar-refractivity contribution in [3.63, 3.8) is 0 Å². The predicted molar refractivity (Wildman–Crippen MR) is 83.5 cm³/mol. The number of imidazole rings is 1. The van der Waals surface area contributed by atoms with E-state index in [1.165, 1.54) is 7.11 Å². The molecule has 23 heavy (non-hydrogen) atoms. The average Bonchev–Trinajstić information content (AvgIpc) is 2.84. The van der Waals surface area contributed by atoms with E-state index in [-0.39, 0.29) is 23.1 Å². The number of allylic oxidation sites excluding steroid dienone is 2. The molecule has 0 amide bonds. The number of hydrogen-bond acceptors (Lipinski definition) is 5. The number of methoxy groups -OCH3 is 1. The Bertz CT molecular complexity index is 869. The third kappa shape index (κ3) is 2.30. The SMILES string of the molecule is COC1=C(OC(C)(C)C)C(=O)c2ccn3c(C)ncc3c2C1=O. The number of carbonyl (C=O) groups is 2. The Morgan fingerprint density at radius 3 is 2.43 bits per heavy atom. The van der Waals surface area contributed by atoms with Crippen LogP contribution >= 0.6 is 0 Å². The van der Waals surface area contributed by atoms with Crippen molar-refractivity contribution in [2.24, 2.45) is 0 Å². The van der Waals surface area contributed by atoms with Crippen molar-refractivity contribution in [2.75, 3.05) is 7.11 Å². The molecule has 2 heterocycles. The molecular formula is C17H18N2O4. The number of ether oxygens (including phenoxy) is 2. The van der Waals surface area contributed by atoms with Crippen LogP contribution < -0.4 is 0 Å². The first-order valence-electron chi connectivity index (χ1n) is 7.28. The Balaban J connectivity index is 2.26. The van der Waals surface area contributed by atoms with Crippen molar-refractivity contribution in [3.8, 4) is 0 Å². The molecule has 0 saturated heterocycles. The fourth-order valence-electron chi connectivity index (χ4n) is 2.65. The van der Waals surface area contributed by atoms with Gasteiger partial charge in [-0.2, -0.15) is 0 Å². The maximum Gasteiger partial charge on any atom is 0.234 e. The third-order valence-corrected chi connectivity index (χ3v) is 3.60. The van der Waals surface area contributed by atoms with Crippen molar-refractivity contribution < 1.29 is 19.1 Å². The van der Waals surface area contributed by atoms with E-state index in [4.69, 9.17) is 9.47 Å². The molecule has 6 heteroatoms. The molecule has 0 saturated carbocycles. The number of carbonyl (C=O) groups excluding carboxylic acids is 2. The van der Waals surface area contributed by atoms with E-state index in [1.54, 1.807) is 22.9 Å². The molecule has 0 aliphatic heterocycles. The van der Waals surface area contributed by atoms with Crippen molar-refractivity contribution in [1.29, 1.82) is 0 Å². The number of rotatable bonds is 2. The Labute approximate surface area is 133 Å². The lowest BCUT2D eigenvalue weighted by atomic mass is 9.92. The Kier molecular flexibility index (Phi) is 3.28. The van der Waals surface area contributed by atoms with Gasteiger partial charge in [0.15, 0.2) is 0 Å². The molecule has 120 valence electrons. The fourth-order valence-corrected chi connectivity index (χ4v) is 2.65. The maximum absolute atomic E-state index is 12.9. The summed E-state index contributed by atoms with van der Waals surface area (Å²) in [5.41, 5.74) is 0.575. The summed E-state index contributed by atoms with van der Waals surface area (Å²) < 4.78 is 12.7. The Hall–Kier alpha value is -2.63. The highest BCUT2D eigenvalue weighted by Gasteiger charge is 2.38. The monoisotopic (exact) mass is 314 g/mol. The minimum atomic E-state index is -0.621. The van der Waals surface area contributed by atoms with Crippen LogP contribution in [0.25, 0.3) is 5.52 Å². The molecular weight excluding hydrogens is 296 g/mol. The number of pyridine rings is 1. The zero-order valence-electron chi connectivity index (χ0n) is 13.8. The Morgan fingerprint density at radius 1 is 1.13 bits per heavy atom. The van der Waals surface area contributed by atoms with Crippen molar-refractivity contribution in [1.82, 2.24) is 9.38 Å². The quantitative estimate of drug-likeness (QED) is 0.852. The molecule has 0 radical (unpaired) electrons. The number of Topliss-reactive ketones (excluding diaryl/α,β-unsaturated/α-hetero) is 2. The summed E-state index contributed by atoms with van der Waals surface area (Å²) in [5, 5.41) is 0. The lowest BCUT2D eigenvalue weighted by Gasteiger charge is -2.27. The van der Waals surface area contributed by atoms with E-state index < -0.39 is 5.60 Å². The minimum absolute atomic E-state index is 0.0434. The standard InChI is InChI=1S/C17H18N2O4/c1-9-18-8-11-12-10(6-7-19(9)11)13(20)16(23-17(2,3)4)15(22-5)14(12)21/h6-8H,1-5H3. The second-order valence-corrected chi connectivity index (χ2v) is 6.40. The molecule has 0 unspecified atom stereocenters. The van der Waals surface area contributed by atoms with Crippen LogP contribution in [0.3, 0.4) is 0 Å². The largest absolute Gasteiger partial charge is 0.489 e. The molecule has 2 aromatic rings. The molecule has 3 rings (SSSR count). The number of aromatic nitrogens is 2. The number of ketones is 2. The van der Waals surface area contributed by atoms with Crippen LogP contribution in [-0.4, -0.2) is 33.7 Å². The number of nitrogens with zero attached hydrogens (tertiary/aromatic N) is 2. The zero-order chi connectivity index (χ0) is 16.9. The minimum Gasteiger partial charge on any atom is -0.489 e. The summed E-state index contributed by atoms with van der Waals surface area (Å²) in [4.78, 5) is 29.9. The van der Waals surface area contributed by atoms with Gasteiger partial charge < -0.3 is 13.9 Å². The predicted octanol–water partition coefficient (Wildman–Crippen LogP) is 2.69. The maximum atomic E-state index is 12.9. The Morgan fingerprint density at radius 2 is 1.83 bits per heavy atom. The van der Waals surface area contributed by atoms with E-state index >= 15 is 0 Å². The van der Waals surface area contributed by atoms with Gasteiger partial charge in [-0.25, -0.2) is 4.98 Å². The smallest absolute Gasteiger partial charge is 0.234 e. The second kappa shape index (κ2) is 4.94. The zero-order valence-corrected chi connectivity index (χ0v) is 13.8. The van der Waals surface area contributed by atoms with Gasteiger partial charge in [0.25, 0.3) is 0 Å². The first kappa shape index (κ1) is 15.3. The summed E-state index contributed by atoms with van der Waals surface area (Å²) in [7, 11) is 1.36. The van der Waals surface area contributed by atoms with E-state index in [1.807, 2.05) is 27.7 Å². The summed E-state index contributed by atoms with van der Waals surface area (Å²) in [6.07, 6.45) is 3.32. The molecule has 0 N–H and O–H groups in total. The second-order valence-electron chi connectivity index (χ2n) is 6.40. The van der Waals surface area contributed by atoms with Gasteiger partial charge in [-0.3, -0.25) is 9.59 Å². The van der Waals surface area contributed by atoms with Crippen LogP contribution in [0, 0.1) is 6.92 Å². The molecule has 6 nitrogen and oxygen atoms in total. The van der Waals surface area contributed by atoms with Gasteiger partial charge in [0, 0.05) is 11.8 Å². The van der Waals surface area contributed by atoms with Gasteiger partial charge in [-0.15, -0.1) is 0 Å². The van der Waals surface area contributed by atoms with Crippen molar-refractivity contribution >= 4 is 17.1 Å².